The zero-order chi connectivity index (χ0) is 18.4. The Morgan fingerprint density at radius 2 is 1.96 bits per heavy atom. The minimum absolute atomic E-state index is 0. The maximum Gasteiger partial charge on any atom is 0.191 e. The van der Waals surface area contributed by atoms with Crippen LogP contribution in [0.2, 0.25) is 0 Å². The Morgan fingerprint density at radius 1 is 1.22 bits per heavy atom. The molecule has 1 fully saturated rings. The van der Waals surface area contributed by atoms with Gasteiger partial charge in [-0.05, 0) is 43.2 Å². The largest absolute Gasteiger partial charge is 0.355 e. The molecule has 1 aliphatic carbocycles. The summed E-state index contributed by atoms with van der Waals surface area (Å²) in [7, 11) is 1.70. The van der Waals surface area contributed by atoms with Crippen LogP contribution < -0.4 is 10.6 Å². The Hall–Kier alpha value is -1.79. The number of nitrogens with zero attached hydrogens (tertiary/aromatic N) is 2. The van der Waals surface area contributed by atoms with E-state index in [0.717, 1.165) is 19.4 Å². The molecule has 0 amide bonds. The number of halogens is 2. The summed E-state index contributed by atoms with van der Waals surface area (Å²) in [6.07, 6.45) is 2.32. The van der Waals surface area contributed by atoms with Crippen molar-refractivity contribution in [2.75, 3.05) is 13.6 Å². The van der Waals surface area contributed by atoms with Crippen molar-refractivity contribution >= 4 is 41.7 Å². The van der Waals surface area contributed by atoms with Gasteiger partial charge in [0, 0.05) is 35.3 Å². The summed E-state index contributed by atoms with van der Waals surface area (Å²) in [5, 5.41) is 15.4. The van der Waals surface area contributed by atoms with Gasteiger partial charge in [0.1, 0.15) is 5.82 Å². The fourth-order valence-corrected chi connectivity index (χ4v) is 3.86. The molecular formula is C20H22FIN4S. The summed E-state index contributed by atoms with van der Waals surface area (Å²) in [5.74, 6) is 0.303. The molecule has 0 spiro atoms. The van der Waals surface area contributed by atoms with Crippen LogP contribution in [0.25, 0.3) is 0 Å². The van der Waals surface area contributed by atoms with Crippen molar-refractivity contribution in [1.29, 1.82) is 5.26 Å². The average Bonchev–Trinajstić information content (AvgIpc) is 3.43. The first-order chi connectivity index (χ1) is 12.6. The zero-order valence-corrected chi connectivity index (χ0v) is 18.2. The SMILES string of the molecule is CN=C(NCc1cc(C#N)ccc1F)NCC1(Sc2ccccc2)CC1.I. The van der Waals surface area contributed by atoms with Gasteiger partial charge in [0.15, 0.2) is 5.96 Å². The zero-order valence-electron chi connectivity index (χ0n) is 15.0. The Balaban J connectivity index is 0.00000261. The minimum atomic E-state index is -0.328. The van der Waals surface area contributed by atoms with Crippen LogP contribution in [0.3, 0.4) is 0 Å². The molecule has 2 aromatic carbocycles. The fourth-order valence-electron chi connectivity index (χ4n) is 2.62. The van der Waals surface area contributed by atoms with Gasteiger partial charge < -0.3 is 10.6 Å². The Morgan fingerprint density at radius 3 is 2.59 bits per heavy atom. The van der Waals surface area contributed by atoms with Gasteiger partial charge in [0.2, 0.25) is 0 Å². The van der Waals surface area contributed by atoms with E-state index in [1.54, 1.807) is 13.1 Å². The van der Waals surface area contributed by atoms with Crippen molar-refractivity contribution in [3.63, 3.8) is 0 Å². The van der Waals surface area contributed by atoms with E-state index in [4.69, 9.17) is 5.26 Å². The monoisotopic (exact) mass is 496 g/mol. The third-order valence-electron chi connectivity index (χ3n) is 4.31. The molecule has 0 atom stereocenters. The second-order valence-electron chi connectivity index (χ2n) is 6.30. The molecule has 0 aliphatic heterocycles. The molecule has 3 rings (SSSR count). The van der Waals surface area contributed by atoms with Crippen LogP contribution >= 0.6 is 35.7 Å². The van der Waals surface area contributed by atoms with Gasteiger partial charge in [-0.3, -0.25) is 4.99 Å². The molecule has 0 bridgehead atoms. The number of thioether (sulfide) groups is 1. The molecule has 4 nitrogen and oxygen atoms in total. The van der Waals surface area contributed by atoms with E-state index in [1.807, 2.05) is 23.9 Å². The Bertz CT molecular complexity index is 832. The van der Waals surface area contributed by atoms with Gasteiger partial charge in [-0.25, -0.2) is 4.39 Å². The fraction of sp³-hybridized carbons (Fsp3) is 0.300. The van der Waals surface area contributed by atoms with Crippen LogP contribution in [-0.4, -0.2) is 24.3 Å². The van der Waals surface area contributed by atoms with E-state index in [9.17, 15) is 4.39 Å². The predicted octanol–water partition coefficient (Wildman–Crippen LogP) is 4.31. The predicted molar refractivity (Wildman–Crippen MR) is 119 cm³/mol. The Labute approximate surface area is 180 Å². The van der Waals surface area contributed by atoms with Crippen LogP contribution in [0.15, 0.2) is 58.4 Å². The molecule has 1 saturated carbocycles. The quantitative estimate of drug-likeness (QED) is 0.356. The standard InChI is InChI=1S/C20H21FN4S.HI/c1-23-19(24-13-16-11-15(12-22)7-8-18(16)21)25-14-20(9-10-20)26-17-5-3-2-4-6-17;/h2-8,11H,9-10,13-14H2,1H3,(H2,23,24,25);1H. The smallest absolute Gasteiger partial charge is 0.191 e. The number of guanidine groups is 1. The van der Waals surface area contributed by atoms with Crippen molar-refractivity contribution in [2.45, 2.75) is 29.0 Å². The van der Waals surface area contributed by atoms with Gasteiger partial charge in [0.05, 0.1) is 11.6 Å². The highest BCUT2D eigenvalue weighted by Gasteiger charge is 2.43. The lowest BCUT2D eigenvalue weighted by Gasteiger charge is -2.18. The van der Waals surface area contributed by atoms with E-state index in [2.05, 4.69) is 39.9 Å². The molecule has 2 aromatic rings. The third kappa shape index (κ3) is 6.11. The maximum atomic E-state index is 13.9. The van der Waals surface area contributed by atoms with Gasteiger partial charge in [-0.15, -0.1) is 35.7 Å². The van der Waals surface area contributed by atoms with E-state index < -0.39 is 0 Å². The average molecular weight is 496 g/mol. The highest BCUT2D eigenvalue weighted by molar-refractivity contribution is 14.0. The number of rotatable bonds is 6. The molecule has 0 heterocycles. The lowest BCUT2D eigenvalue weighted by molar-refractivity contribution is 0.604. The van der Waals surface area contributed by atoms with Crippen molar-refractivity contribution < 1.29 is 4.39 Å². The lowest BCUT2D eigenvalue weighted by atomic mass is 10.1. The normalized spacial score (nSPS) is 14.6. The van der Waals surface area contributed by atoms with E-state index in [0.29, 0.717) is 17.1 Å². The van der Waals surface area contributed by atoms with Crippen LogP contribution in [0.4, 0.5) is 4.39 Å². The van der Waals surface area contributed by atoms with Crippen LogP contribution in [0.5, 0.6) is 0 Å². The number of hydrogen-bond acceptors (Lipinski definition) is 3. The van der Waals surface area contributed by atoms with Crippen molar-refractivity contribution in [2.24, 2.45) is 4.99 Å². The Kier molecular flexibility index (Phi) is 7.92. The highest BCUT2D eigenvalue weighted by Crippen LogP contribution is 2.51. The van der Waals surface area contributed by atoms with Crippen molar-refractivity contribution in [3.05, 3.63) is 65.5 Å². The maximum absolute atomic E-state index is 13.9. The van der Waals surface area contributed by atoms with Crippen LogP contribution in [0.1, 0.15) is 24.0 Å². The number of benzene rings is 2. The first-order valence-corrected chi connectivity index (χ1v) is 9.33. The van der Waals surface area contributed by atoms with E-state index in [-0.39, 0.29) is 41.1 Å². The molecule has 1 aliphatic rings. The summed E-state index contributed by atoms with van der Waals surface area (Å²) < 4.78 is 14.1. The van der Waals surface area contributed by atoms with Crippen LogP contribution in [0, 0.1) is 17.1 Å². The molecule has 2 N–H and O–H groups in total. The summed E-state index contributed by atoms with van der Waals surface area (Å²) >= 11 is 1.89. The highest BCUT2D eigenvalue weighted by atomic mass is 127. The number of nitrogens with one attached hydrogen (secondary N) is 2. The summed E-state index contributed by atoms with van der Waals surface area (Å²) in [5.41, 5.74) is 0.897. The summed E-state index contributed by atoms with van der Waals surface area (Å²) in [4.78, 5) is 5.48. The van der Waals surface area contributed by atoms with Gasteiger partial charge in [-0.1, -0.05) is 18.2 Å². The topological polar surface area (TPSA) is 60.2 Å². The second kappa shape index (κ2) is 9.95. The molecule has 142 valence electrons. The number of aliphatic imine (C=N–C) groups is 1. The second-order valence-corrected chi connectivity index (χ2v) is 7.84. The van der Waals surface area contributed by atoms with Gasteiger partial charge in [0.25, 0.3) is 0 Å². The first kappa shape index (κ1) is 21.5. The minimum Gasteiger partial charge on any atom is -0.355 e. The first-order valence-electron chi connectivity index (χ1n) is 8.51. The summed E-state index contributed by atoms with van der Waals surface area (Å²) in [6, 6.07) is 16.8. The molecule has 0 radical (unpaired) electrons. The van der Waals surface area contributed by atoms with Gasteiger partial charge >= 0.3 is 0 Å². The molecule has 0 aromatic heterocycles. The van der Waals surface area contributed by atoms with E-state index >= 15 is 0 Å². The van der Waals surface area contributed by atoms with Crippen molar-refractivity contribution in [1.82, 2.24) is 10.6 Å². The number of hydrogen-bond donors (Lipinski definition) is 2. The molecule has 27 heavy (non-hydrogen) atoms. The number of nitriles is 1. The lowest BCUT2D eigenvalue weighted by Crippen LogP contribution is -2.40. The van der Waals surface area contributed by atoms with Crippen molar-refractivity contribution in [3.8, 4) is 6.07 Å². The van der Waals surface area contributed by atoms with Crippen LogP contribution in [-0.2, 0) is 6.54 Å². The van der Waals surface area contributed by atoms with Gasteiger partial charge in [-0.2, -0.15) is 5.26 Å². The molecule has 0 saturated heterocycles. The third-order valence-corrected chi connectivity index (χ3v) is 5.80. The molecular weight excluding hydrogens is 474 g/mol. The van der Waals surface area contributed by atoms with E-state index in [1.165, 1.54) is 17.0 Å². The summed E-state index contributed by atoms with van der Waals surface area (Å²) in [6.45, 7) is 1.08. The molecule has 0 unspecified atom stereocenters. The molecule has 7 heteroatoms.